The van der Waals surface area contributed by atoms with Gasteiger partial charge in [0, 0.05) is 18.8 Å². The van der Waals surface area contributed by atoms with E-state index in [1.165, 1.54) is 39.9 Å². The first kappa shape index (κ1) is 21.0. The average molecular weight is 487 g/mol. The Hall–Kier alpha value is -1.75. The van der Waals surface area contributed by atoms with Crippen LogP contribution in [0, 0.1) is 0 Å². The van der Waals surface area contributed by atoms with E-state index in [2.05, 4.69) is 21.2 Å². The molecule has 0 saturated carbocycles. The second-order valence-electron chi connectivity index (χ2n) is 6.22. The Labute approximate surface area is 175 Å². The highest BCUT2D eigenvalue weighted by molar-refractivity contribution is 9.11. The zero-order valence-corrected chi connectivity index (χ0v) is 18.1. The van der Waals surface area contributed by atoms with Crippen molar-refractivity contribution in [1.82, 2.24) is 4.31 Å². The number of amides is 1. The van der Waals surface area contributed by atoms with Crippen LogP contribution in [0.25, 0.3) is 0 Å². The van der Waals surface area contributed by atoms with E-state index >= 15 is 0 Å². The molecule has 0 unspecified atom stereocenters. The summed E-state index contributed by atoms with van der Waals surface area (Å²) < 4.78 is 32.5. The van der Waals surface area contributed by atoms with E-state index in [9.17, 15) is 18.0 Å². The van der Waals surface area contributed by atoms with Gasteiger partial charge in [-0.3, -0.25) is 4.79 Å². The van der Waals surface area contributed by atoms with Crippen LogP contribution >= 0.6 is 27.3 Å². The van der Waals surface area contributed by atoms with Crippen LogP contribution < -0.4 is 5.32 Å². The number of esters is 1. The number of nitrogens with zero attached hydrogens (tertiary/aromatic N) is 1. The molecule has 150 valence electrons. The number of hydrogen-bond donors (Lipinski definition) is 1. The Morgan fingerprint density at radius 1 is 1.07 bits per heavy atom. The van der Waals surface area contributed by atoms with E-state index in [0.29, 0.717) is 23.7 Å². The summed E-state index contributed by atoms with van der Waals surface area (Å²) in [6.07, 6.45) is 2.79. The van der Waals surface area contributed by atoms with Crippen LogP contribution in [0.2, 0.25) is 0 Å². The lowest BCUT2D eigenvalue weighted by Crippen LogP contribution is -2.35. The Kier molecular flexibility index (Phi) is 6.86. The number of sulfonamides is 1. The maximum atomic E-state index is 12.6. The molecule has 10 heteroatoms. The van der Waals surface area contributed by atoms with Gasteiger partial charge in [-0.2, -0.15) is 4.31 Å². The second kappa shape index (κ2) is 9.17. The Bertz CT molecular complexity index is 951. The molecule has 1 saturated heterocycles. The smallest absolute Gasteiger partial charge is 0.348 e. The van der Waals surface area contributed by atoms with Crippen LogP contribution in [0.1, 0.15) is 28.9 Å². The number of anilines is 1. The summed E-state index contributed by atoms with van der Waals surface area (Å²) in [7, 11) is -3.51. The van der Waals surface area contributed by atoms with E-state index in [1.54, 1.807) is 12.1 Å². The molecule has 0 spiro atoms. The molecule has 0 bridgehead atoms. The highest BCUT2D eigenvalue weighted by Gasteiger charge is 2.25. The minimum absolute atomic E-state index is 0.196. The van der Waals surface area contributed by atoms with Gasteiger partial charge < -0.3 is 10.1 Å². The van der Waals surface area contributed by atoms with Crippen LogP contribution in [-0.4, -0.2) is 44.3 Å². The molecule has 0 radical (unpaired) electrons. The van der Waals surface area contributed by atoms with Gasteiger partial charge in [0.05, 0.1) is 8.68 Å². The number of thiophene rings is 1. The molecule has 2 aromatic rings. The first-order valence-corrected chi connectivity index (χ1v) is 11.7. The maximum Gasteiger partial charge on any atom is 0.348 e. The standard InChI is InChI=1S/C18H19BrN2O5S2/c19-16-9-8-15(27-16)18(23)26-12-17(22)20-13-4-6-14(7-5-13)28(24,25)21-10-2-1-3-11-21/h4-9H,1-3,10-12H2,(H,20,22). The van der Waals surface area contributed by atoms with Crippen LogP contribution in [0.3, 0.4) is 0 Å². The highest BCUT2D eigenvalue weighted by atomic mass is 79.9. The third-order valence-electron chi connectivity index (χ3n) is 4.20. The van der Waals surface area contributed by atoms with Crippen molar-refractivity contribution in [2.75, 3.05) is 25.0 Å². The van der Waals surface area contributed by atoms with Crippen molar-refractivity contribution in [3.8, 4) is 0 Å². The summed E-state index contributed by atoms with van der Waals surface area (Å²) in [4.78, 5) is 24.4. The number of ether oxygens (including phenoxy) is 1. The number of hydrogen-bond acceptors (Lipinski definition) is 6. The summed E-state index contributed by atoms with van der Waals surface area (Å²) in [5.41, 5.74) is 0.428. The fraction of sp³-hybridized carbons (Fsp3) is 0.333. The number of carbonyl (C=O) groups is 2. The van der Waals surface area contributed by atoms with Crippen molar-refractivity contribution in [1.29, 1.82) is 0 Å². The third-order valence-corrected chi connectivity index (χ3v) is 7.72. The average Bonchev–Trinajstić information content (AvgIpc) is 3.14. The fourth-order valence-corrected chi connectivity index (χ4v) is 5.58. The Balaban J connectivity index is 1.55. The van der Waals surface area contributed by atoms with Crippen molar-refractivity contribution in [3.05, 3.63) is 45.1 Å². The zero-order valence-electron chi connectivity index (χ0n) is 14.9. The quantitative estimate of drug-likeness (QED) is 0.630. The van der Waals surface area contributed by atoms with Crippen molar-refractivity contribution in [2.24, 2.45) is 0 Å². The highest BCUT2D eigenvalue weighted by Crippen LogP contribution is 2.23. The topological polar surface area (TPSA) is 92.8 Å². The van der Waals surface area contributed by atoms with Gasteiger partial charge in [-0.25, -0.2) is 13.2 Å². The summed E-state index contributed by atoms with van der Waals surface area (Å²) >= 11 is 4.47. The molecule has 3 rings (SSSR count). The minimum Gasteiger partial charge on any atom is -0.451 e. The summed E-state index contributed by atoms with van der Waals surface area (Å²) in [5.74, 6) is -1.08. The van der Waals surface area contributed by atoms with E-state index in [-0.39, 0.29) is 4.90 Å². The van der Waals surface area contributed by atoms with Crippen LogP contribution in [0.4, 0.5) is 5.69 Å². The Morgan fingerprint density at radius 2 is 1.75 bits per heavy atom. The third kappa shape index (κ3) is 5.19. The fourth-order valence-electron chi connectivity index (χ4n) is 2.79. The lowest BCUT2D eigenvalue weighted by Gasteiger charge is -2.25. The van der Waals surface area contributed by atoms with Crippen LogP contribution in [0.5, 0.6) is 0 Å². The summed E-state index contributed by atoms with van der Waals surface area (Å²) in [5, 5.41) is 2.58. The molecule has 7 nitrogen and oxygen atoms in total. The molecule has 0 atom stereocenters. The number of carbonyl (C=O) groups excluding carboxylic acids is 2. The number of benzene rings is 1. The first-order chi connectivity index (χ1) is 13.4. The number of halogens is 1. The molecule has 1 N–H and O–H groups in total. The molecule has 2 heterocycles. The predicted octanol–water partition coefficient (Wildman–Crippen LogP) is 3.48. The van der Waals surface area contributed by atoms with Gasteiger partial charge in [-0.15, -0.1) is 11.3 Å². The van der Waals surface area contributed by atoms with Gasteiger partial charge in [-0.1, -0.05) is 6.42 Å². The minimum atomic E-state index is -3.51. The van der Waals surface area contributed by atoms with Crippen molar-refractivity contribution in [2.45, 2.75) is 24.2 Å². The van der Waals surface area contributed by atoms with E-state index in [0.717, 1.165) is 23.0 Å². The molecule has 1 aliphatic rings. The monoisotopic (exact) mass is 486 g/mol. The molecule has 0 aliphatic carbocycles. The van der Waals surface area contributed by atoms with Crippen LogP contribution in [0.15, 0.2) is 45.1 Å². The van der Waals surface area contributed by atoms with E-state index in [1.807, 2.05) is 0 Å². The lowest BCUT2D eigenvalue weighted by molar-refractivity contribution is -0.119. The number of rotatable bonds is 6. The predicted molar refractivity (Wildman–Crippen MR) is 110 cm³/mol. The number of nitrogens with one attached hydrogen (secondary N) is 1. The first-order valence-electron chi connectivity index (χ1n) is 8.69. The van der Waals surface area contributed by atoms with Gasteiger partial charge in [0.15, 0.2) is 6.61 Å². The summed E-state index contributed by atoms with van der Waals surface area (Å²) in [6.45, 7) is 0.641. The zero-order chi connectivity index (χ0) is 20.1. The molecule has 1 aliphatic heterocycles. The number of piperidine rings is 1. The van der Waals surface area contributed by atoms with Crippen molar-refractivity contribution < 1.29 is 22.7 Å². The molecular weight excluding hydrogens is 468 g/mol. The van der Waals surface area contributed by atoms with Gasteiger partial charge in [0.2, 0.25) is 10.0 Å². The molecule has 28 heavy (non-hydrogen) atoms. The van der Waals surface area contributed by atoms with E-state index in [4.69, 9.17) is 4.74 Å². The van der Waals surface area contributed by atoms with Gasteiger partial charge >= 0.3 is 5.97 Å². The second-order valence-corrected chi connectivity index (χ2v) is 10.6. The van der Waals surface area contributed by atoms with Gasteiger partial charge in [-0.05, 0) is 65.2 Å². The SMILES string of the molecule is O=C(COC(=O)c1ccc(Br)s1)Nc1ccc(S(=O)(=O)N2CCCCC2)cc1. The van der Waals surface area contributed by atoms with Crippen LogP contribution in [-0.2, 0) is 19.6 Å². The molecule has 1 aromatic heterocycles. The molecule has 1 fully saturated rings. The lowest BCUT2D eigenvalue weighted by atomic mass is 10.2. The Morgan fingerprint density at radius 3 is 2.36 bits per heavy atom. The largest absolute Gasteiger partial charge is 0.451 e. The van der Waals surface area contributed by atoms with Crippen molar-refractivity contribution >= 4 is 54.9 Å². The molecular formula is C18H19BrN2O5S2. The summed E-state index contributed by atoms with van der Waals surface area (Å²) in [6, 6.07) is 9.31. The van der Waals surface area contributed by atoms with Crippen molar-refractivity contribution in [3.63, 3.8) is 0 Å². The van der Waals surface area contributed by atoms with Gasteiger partial charge in [0.1, 0.15) is 4.88 Å². The normalized spacial score (nSPS) is 15.2. The van der Waals surface area contributed by atoms with Gasteiger partial charge in [0.25, 0.3) is 5.91 Å². The molecule has 1 aromatic carbocycles. The molecule has 1 amide bonds. The maximum absolute atomic E-state index is 12.6. The van der Waals surface area contributed by atoms with E-state index < -0.39 is 28.5 Å².